The Bertz CT molecular complexity index is 790. The van der Waals surface area contributed by atoms with E-state index in [0.29, 0.717) is 28.8 Å². The third kappa shape index (κ3) is 3.13. The van der Waals surface area contributed by atoms with E-state index in [1.54, 1.807) is 29.7 Å². The second-order valence-electron chi connectivity index (χ2n) is 6.25. The molecular formula is C17H21N5O2S. The van der Waals surface area contributed by atoms with Crippen LogP contribution in [0.3, 0.4) is 0 Å². The minimum absolute atomic E-state index is 0.0407. The van der Waals surface area contributed by atoms with Gasteiger partial charge in [-0.2, -0.15) is 0 Å². The SMILES string of the molecule is CCC1C(=O)N(C)c2cnc(CC(=O)c3nccs3)nc2N1C(C)C. The van der Waals surface area contributed by atoms with Crippen molar-refractivity contribution in [2.75, 3.05) is 16.8 Å². The first-order valence-electron chi connectivity index (χ1n) is 8.28. The Morgan fingerprint density at radius 1 is 1.36 bits per heavy atom. The normalized spacial score (nSPS) is 17.2. The number of hydrogen-bond donors (Lipinski definition) is 0. The lowest BCUT2D eigenvalue weighted by Crippen LogP contribution is -2.55. The molecule has 0 aliphatic carbocycles. The molecule has 1 amide bonds. The van der Waals surface area contributed by atoms with Crippen LogP contribution in [-0.4, -0.2) is 45.8 Å². The number of carbonyl (C=O) groups is 2. The number of aromatic nitrogens is 3. The second-order valence-corrected chi connectivity index (χ2v) is 7.15. The molecule has 0 fully saturated rings. The number of ketones is 1. The van der Waals surface area contributed by atoms with Gasteiger partial charge in [0.1, 0.15) is 17.6 Å². The largest absolute Gasteiger partial charge is 0.340 e. The van der Waals surface area contributed by atoms with Crippen molar-refractivity contribution in [3.63, 3.8) is 0 Å². The van der Waals surface area contributed by atoms with Crippen LogP contribution in [0.25, 0.3) is 0 Å². The molecule has 8 heteroatoms. The molecule has 1 aliphatic rings. The lowest BCUT2D eigenvalue weighted by Gasteiger charge is -2.42. The van der Waals surface area contributed by atoms with Crippen LogP contribution < -0.4 is 9.80 Å². The Balaban J connectivity index is 1.98. The van der Waals surface area contributed by atoms with Gasteiger partial charge >= 0.3 is 0 Å². The summed E-state index contributed by atoms with van der Waals surface area (Å²) in [5, 5.41) is 2.23. The number of likely N-dealkylation sites (N-methyl/N-ethyl adjacent to an activating group) is 1. The Labute approximate surface area is 150 Å². The number of fused-ring (bicyclic) bond motifs is 1. The zero-order valence-electron chi connectivity index (χ0n) is 14.8. The highest BCUT2D eigenvalue weighted by atomic mass is 32.1. The average Bonchev–Trinajstić information content (AvgIpc) is 3.12. The molecule has 0 aromatic carbocycles. The van der Waals surface area contributed by atoms with E-state index >= 15 is 0 Å². The molecule has 25 heavy (non-hydrogen) atoms. The standard InChI is InChI=1S/C17H21N5O2S/c1-5-11-17(24)21(4)12-9-19-14(20-15(12)22(11)10(2)3)8-13(23)16-18-6-7-25-16/h6-7,9-11H,5,8H2,1-4H3. The molecule has 0 radical (unpaired) electrons. The van der Waals surface area contributed by atoms with Crippen molar-refractivity contribution in [1.82, 2.24) is 15.0 Å². The Morgan fingerprint density at radius 3 is 2.72 bits per heavy atom. The van der Waals surface area contributed by atoms with E-state index in [-0.39, 0.29) is 30.2 Å². The van der Waals surface area contributed by atoms with Crippen molar-refractivity contribution in [3.05, 3.63) is 28.6 Å². The first kappa shape index (κ1) is 17.5. The Kier molecular flexibility index (Phi) is 4.80. The van der Waals surface area contributed by atoms with Gasteiger partial charge in [0, 0.05) is 24.7 Å². The third-order valence-electron chi connectivity index (χ3n) is 4.29. The summed E-state index contributed by atoms with van der Waals surface area (Å²) in [7, 11) is 1.74. The second kappa shape index (κ2) is 6.87. The molecule has 0 spiro atoms. The molecule has 3 rings (SSSR count). The van der Waals surface area contributed by atoms with Crippen molar-refractivity contribution < 1.29 is 9.59 Å². The molecule has 0 saturated carbocycles. The summed E-state index contributed by atoms with van der Waals surface area (Å²) in [5.41, 5.74) is 0.675. The third-order valence-corrected chi connectivity index (χ3v) is 5.10. The highest BCUT2D eigenvalue weighted by molar-refractivity contribution is 7.11. The van der Waals surface area contributed by atoms with E-state index in [9.17, 15) is 9.59 Å². The molecule has 2 aromatic heterocycles. The predicted molar refractivity (Wildman–Crippen MR) is 97.3 cm³/mol. The number of carbonyl (C=O) groups excluding carboxylic acids is 2. The summed E-state index contributed by atoms with van der Waals surface area (Å²) in [6.45, 7) is 6.06. The van der Waals surface area contributed by atoms with Gasteiger partial charge in [0.25, 0.3) is 0 Å². The average molecular weight is 359 g/mol. The smallest absolute Gasteiger partial charge is 0.249 e. The number of hydrogen-bond acceptors (Lipinski definition) is 7. The van der Waals surface area contributed by atoms with Crippen LogP contribution in [0, 0.1) is 0 Å². The molecule has 0 bridgehead atoms. The van der Waals surface area contributed by atoms with Gasteiger partial charge < -0.3 is 9.80 Å². The van der Waals surface area contributed by atoms with E-state index in [4.69, 9.17) is 0 Å². The number of thiazole rings is 1. The first-order valence-corrected chi connectivity index (χ1v) is 9.16. The van der Waals surface area contributed by atoms with E-state index in [1.165, 1.54) is 11.3 Å². The van der Waals surface area contributed by atoms with E-state index < -0.39 is 0 Å². The lowest BCUT2D eigenvalue weighted by atomic mass is 10.1. The van der Waals surface area contributed by atoms with Crippen LogP contribution in [0.1, 0.15) is 42.8 Å². The fraction of sp³-hybridized carbons (Fsp3) is 0.471. The minimum Gasteiger partial charge on any atom is -0.340 e. The van der Waals surface area contributed by atoms with Crippen LogP contribution in [0.5, 0.6) is 0 Å². The topological polar surface area (TPSA) is 79.3 Å². The van der Waals surface area contributed by atoms with Gasteiger partial charge in [-0.25, -0.2) is 15.0 Å². The molecule has 132 valence electrons. The van der Waals surface area contributed by atoms with E-state index in [1.807, 2.05) is 25.7 Å². The maximum atomic E-state index is 12.6. The monoisotopic (exact) mass is 359 g/mol. The summed E-state index contributed by atoms with van der Waals surface area (Å²) >= 11 is 1.31. The summed E-state index contributed by atoms with van der Waals surface area (Å²) in [4.78, 5) is 41.5. The molecule has 0 N–H and O–H groups in total. The molecule has 0 saturated heterocycles. The van der Waals surface area contributed by atoms with Crippen molar-refractivity contribution in [2.24, 2.45) is 0 Å². The van der Waals surface area contributed by atoms with Crippen LogP contribution in [-0.2, 0) is 11.2 Å². The van der Waals surface area contributed by atoms with Crippen molar-refractivity contribution >= 4 is 34.5 Å². The molecule has 1 unspecified atom stereocenters. The predicted octanol–water partition coefficient (Wildman–Crippen LogP) is 2.33. The first-order chi connectivity index (χ1) is 11.9. The quantitative estimate of drug-likeness (QED) is 0.763. The van der Waals surface area contributed by atoms with Gasteiger partial charge in [-0.05, 0) is 20.3 Å². The summed E-state index contributed by atoms with van der Waals surface area (Å²) < 4.78 is 0. The van der Waals surface area contributed by atoms with Crippen molar-refractivity contribution in [2.45, 2.75) is 45.7 Å². The number of nitrogens with zero attached hydrogens (tertiary/aromatic N) is 5. The zero-order chi connectivity index (χ0) is 18.1. The summed E-state index contributed by atoms with van der Waals surface area (Å²) in [6.07, 6.45) is 4.03. The van der Waals surface area contributed by atoms with Crippen LogP contribution in [0.2, 0.25) is 0 Å². The Morgan fingerprint density at radius 2 is 2.12 bits per heavy atom. The zero-order valence-corrected chi connectivity index (χ0v) is 15.6. The number of anilines is 2. The molecule has 2 aromatic rings. The van der Waals surface area contributed by atoms with Crippen LogP contribution in [0.4, 0.5) is 11.5 Å². The summed E-state index contributed by atoms with van der Waals surface area (Å²) in [6, 6.07) is -0.145. The van der Waals surface area contributed by atoms with Crippen LogP contribution >= 0.6 is 11.3 Å². The van der Waals surface area contributed by atoms with E-state index in [0.717, 1.165) is 0 Å². The van der Waals surface area contributed by atoms with Crippen molar-refractivity contribution in [1.29, 1.82) is 0 Å². The van der Waals surface area contributed by atoms with E-state index in [2.05, 4.69) is 15.0 Å². The highest BCUT2D eigenvalue weighted by Gasteiger charge is 2.38. The molecule has 3 heterocycles. The highest BCUT2D eigenvalue weighted by Crippen LogP contribution is 2.35. The maximum Gasteiger partial charge on any atom is 0.249 e. The van der Waals surface area contributed by atoms with Gasteiger partial charge in [-0.3, -0.25) is 9.59 Å². The number of Topliss-reactive ketones (excluding diaryl/α,β-unsaturated/α-hetero) is 1. The number of amides is 1. The lowest BCUT2D eigenvalue weighted by molar-refractivity contribution is -0.120. The fourth-order valence-corrected chi connectivity index (χ4v) is 3.65. The molecular weight excluding hydrogens is 338 g/mol. The van der Waals surface area contributed by atoms with Gasteiger partial charge in [-0.15, -0.1) is 11.3 Å². The molecule has 1 aliphatic heterocycles. The fourth-order valence-electron chi connectivity index (χ4n) is 3.08. The number of rotatable bonds is 5. The molecule has 7 nitrogen and oxygen atoms in total. The Hall–Kier alpha value is -2.35. The van der Waals surface area contributed by atoms with Gasteiger partial charge in [0.05, 0.1) is 12.6 Å². The van der Waals surface area contributed by atoms with Gasteiger partial charge in [-0.1, -0.05) is 6.92 Å². The van der Waals surface area contributed by atoms with Crippen molar-refractivity contribution in [3.8, 4) is 0 Å². The maximum absolute atomic E-state index is 12.6. The van der Waals surface area contributed by atoms with Gasteiger partial charge in [0.2, 0.25) is 5.91 Å². The minimum atomic E-state index is -0.255. The van der Waals surface area contributed by atoms with Gasteiger partial charge in [0.15, 0.2) is 16.6 Å². The summed E-state index contributed by atoms with van der Waals surface area (Å²) in [5.74, 6) is 1.10. The molecule has 1 atom stereocenters. The van der Waals surface area contributed by atoms with Crippen LogP contribution in [0.15, 0.2) is 17.8 Å².